The van der Waals surface area contributed by atoms with Gasteiger partial charge in [-0.25, -0.2) is 0 Å². The highest BCUT2D eigenvalue weighted by molar-refractivity contribution is 9.10. The number of anilines is 1. The van der Waals surface area contributed by atoms with E-state index in [1.807, 2.05) is 6.07 Å². The van der Waals surface area contributed by atoms with E-state index in [1.165, 1.54) is 0 Å². The van der Waals surface area contributed by atoms with Crippen molar-refractivity contribution >= 4 is 27.6 Å². The van der Waals surface area contributed by atoms with Gasteiger partial charge in [-0.05, 0) is 37.0 Å². The van der Waals surface area contributed by atoms with Gasteiger partial charge in [-0.3, -0.25) is 4.79 Å². The maximum absolute atomic E-state index is 10.9. The van der Waals surface area contributed by atoms with E-state index in [2.05, 4.69) is 22.0 Å². The maximum Gasteiger partial charge on any atom is 0.323 e. The Balaban J connectivity index is 2.28. The van der Waals surface area contributed by atoms with Crippen molar-refractivity contribution < 1.29 is 9.90 Å². The number of halogens is 1. The van der Waals surface area contributed by atoms with Crippen molar-refractivity contribution in [1.82, 2.24) is 0 Å². The molecule has 1 aliphatic rings. The number of carboxylic acid groups (broad SMARTS) is 1. The number of nitriles is 1. The first-order valence-electron chi connectivity index (χ1n) is 5.76. The SMILES string of the molecule is N#Cc1cc(Br)ccc1N(CC(=O)O)CC1CC1. The number of nitrogens with zero attached hydrogens (tertiary/aromatic N) is 2. The van der Waals surface area contributed by atoms with Gasteiger partial charge < -0.3 is 10.0 Å². The molecule has 0 aromatic heterocycles. The lowest BCUT2D eigenvalue weighted by atomic mass is 10.1. The maximum atomic E-state index is 10.9. The summed E-state index contributed by atoms with van der Waals surface area (Å²) in [7, 11) is 0. The molecule has 1 saturated carbocycles. The molecule has 1 N–H and O–H groups in total. The van der Waals surface area contributed by atoms with Crippen LogP contribution in [0.15, 0.2) is 22.7 Å². The Bertz CT molecular complexity index is 506. The van der Waals surface area contributed by atoms with E-state index in [4.69, 9.17) is 10.4 Å². The zero-order chi connectivity index (χ0) is 13.1. The van der Waals surface area contributed by atoms with Crippen LogP contribution in [0.2, 0.25) is 0 Å². The molecule has 0 unspecified atom stereocenters. The van der Waals surface area contributed by atoms with Gasteiger partial charge in [0.15, 0.2) is 0 Å². The first-order chi connectivity index (χ1) is 8.60. The number of carbonyl (C=O) groups is 1. The minimum atomic E-state index is -0.873. The number of rotatable bonds is 5. The Labute approximate surface area is 114 Å². The predicted molar refractivity (Wildman–Crippen MR) is 71.4 cm³/mol. The summed E-state index contributed by atoms with van der Waals surface area (Å²) in [6.45, 7) is 0.648. The molecule has 0 radical (unpaired) electrons. The molecule has 0 spiro atoms. The Morgan fingerprint density at radius 2 is 2.28 bits per heavy atom. The lowest BCUT2D eigenvalue weighted by molar-refractivity contribution is -0.135. The largest absolute Gasteiger partial charge is 0.480 e. The second-order valence-corrected chi connectivity index (χ2v) is 5.41. The molecule has 18 heavy (non-hydrogen) atoms. The second kappa shape index (κ2) is 5.40. The fraction of sp³-hybridized carbons (Fsp3) is 0.385. The van der Waals surface area contributed by atoms with Crippen LogP contribution < -0.4 is 4.90 Å². The van der Waals surface area contributed by atoms with Crippen molar-refractivity contribution in [2.45, 2.75) is 12.8 Å². The van der Waals surface area contributed by atoms with Crippen LogP contribution in [-0.4, -0.2) is 24.2 Å². The van der Waals surface area contributed by atoms with E-state index >= 15 is 0 Å². The molecule has 0 atom stereocenters. The highest BCUT2D eigenvalue weighted by atomic mass is 79.9. The van der Waals surface area contributed by atoms with Crippen LogP contribution in [0, 0.1) is 17.2 Å². The van der Waals surface area contributed by atoms with Crippen LogP contribution in [0.3, 0.4) is 0 Å². The topological polar surface area (TPSA) is 64.3 Å². The summed E-state index contributed by atoms with van der Waals surface area (Å²) in [5.74, 6) is -0.304. The summed E-state index contributed by atoms with van der Waals surface area (Å²) < 4.78 is 0.824. The van der Waals surface area contributed by atoms with Crippen LogP contribution in [-0.2, 0) is 4.79 Å². The number of carboxylic acids is 1. The standard InChI is InChI=1S/C13H13BrN2O2/c14-11-3-4-12(10(5-11)6-15)16(8-13(17)18)7-9-1-2-9/h3-5,9H,1-2,7-8H2,(H,17,18). The van der Waals surface area contributed by atoms with Crippen molar-refractivity contribution in [3.63, 3.8) is 0 Å². The summed E-state index contributed by atoms with van der Waals surface area (Å²) in [4.78, 5) is 12.7. The molecule has 1 aromatic carbocycles. The monoisotopic (exact) mass is 308 g/mol. The number of hydrogen-bond acceptors (Lipinski definition) is 3. The zero-order valence-corrected chi connectivity index (χ0v) is 11.4. The molecular weight excluding hydrogens is 296 g/mol. The first kappa shape index (κ1) is 12.9. The molecule has 1 aromatic rings. The highest BCUT2D eigenvalue weighted by Crippen LogP contribution is 2.32. The minimum absolute atomic E-state index is 0.0627. The molecule has 5 heteroatoms. The smallest absolute Gasteiger partial charge is 0.323 e. The average Bonchev–Trinajstić information content (AvgIpc) is 3.11. The van der Waals surface area contributed by atoms with Gasteiger partial charge in [0, 0.05) is 11.0 Å². The second-order valence-electron chi connectivity index (χ2n) is 4.49. The Morgan fingerprint density at radius 1 is 1.56 bits per heavy atom. The molecule has 1 fully saturated rings. The third kappa shape index (κ3) is 3.23. The van der Waals surface area contributed by atoms with Gasteiger partial charge in [0.25, 0.3) is 0 Å². The van der Waals surface area contributed by atoms with Crippen LogP contribution in [0.25, 0.3) is 0 Å². The van der Waals surface area contributed by atoms with Crippen LogP contribution >= 0.6 is 15.9 Å². The van der Waals surface area contributed by atoms with Crippen LogP contribution in [0.4, 0.5) is 5.69 Å². The van der Waals surface area contributed by atoms with Crippen LogP contribution in [0.5, 0.6) is 0 Å². The van der Waals surface area contributed by atoms with Crippen molar-refractivity contribution in [3.05, 3.63) is 28.2 Å². The fourth-order valence-electron chi connectivity index (χ4n) is 1.90. The normalized spacial score (nSPS) is 14.0. The lowest BCUT2D eigenvalue weighted by Gasteiger charge is -2.23. The molecule has 1 aliphatic carbocycles. The zero-order valence-electron chi connectivity index (χ0n) is 9.77. The van der Waals surface area contributed by atoms with E-state index in [0.717, 1.165) is 17.3 Å². The van der Waals surface area contributed by atoms with Gasteiger partial charge in [-0.15, -0.1) is 0 Å². The Morgan fingerprint density at radius 3 is 2.83 bits per heavy atom. The van der Waals surface area contributed by atoms with E-state index in [1.54, 1.807) is 17.0 Å². The Hall–Kier alpha value is -1.54. The molecule has 2 rings (SSSR count). The quantitative estimate of drug-likeness (QED) is 0.908. The molecule has 4 nitrogen and oxygen atoms in total. The van der Waals surface area contributed by atoms with Crippen molar-refractivity contribution in [3.8, 4) is 6.07 Å². The van der Waals surface area contributed by atoms with E-state index < -0.39 is 5.97 Å². The van der Waals surface area contributed by atoms with Gasteiger partial charge >= 0.3 is 5.97 Å². The third-order valence-corrected chi connectivity index (χ3v) is 3.41. The molecule has 0 aliphatic heterocycles. The van der Waals surface area contributed by atoms with Gasteiger partial charge in [-0.2, -0.15) is 5.26 Å². The van der Waals surface area contributed by atoms with Gasteiger partial charge in [0.2, 0.25) is 0 Å². The van der Waals surface area contributed by atoms with Gasteiger partial charge in [0.1, 0.15) is 12.6 Å². The van der Waals surface area contributed by atoms with Crippen molar-refractivity contribution in [2.75, 3.05) is 18.0 Å². The van der Waals surface area contributed by atoms with Crippen molar-refractivity contribution in [2.24, 2.45) is 5.92 Å². The summed E-state index contributed by atoms with van der Waals surface area (Å²) in [5.41, 5.74) is 1.21. The summed E-state index contributed by atoms with van der Waals surface area (Å²) in [6.07, 6.45) is 2.29. The van der Waals surface area contributed by atoms with E-state index in [0.29, 0.717) is 23.7 Å². The number of hydrogen-bond donors (Lipinski definition) is 1. The van der Waals surface area contributed by atoms with E-state index in [-0.39, 0.29) is 6.54 Å². The molecule has 0 bridgehead atoms. The van der Waals surface area contributed by atoms with Crippen LogP contribution in [0.1, 0.15) is 18.4 Å². The minimum Gasteiger partial charge on any atom is -0.480 e. The lowest BCUT2D eigenvalue weighted by Crippen LogP contribution is -2.32. The first-order valence-corrected chi connectivity index (χ1v) is 6.56. The molecule has 0 heterocycles. The number of aliphatic carboxylic acids is 1. The highest BCUT2D eigenvalue weighted by Gasteiger charge is 2.26. The van der Waals surface area contributed by atoms with E-state index in [9.17, 15) is 4.79 Å². The summed E-state index contributed by atoms with van der Waals surface area (Å²) in [5, 5.41) is 18.1. The molecule has 94 valence electrons. The summed E-state index contributed by atoms with van der Waals surface area (Å²) >= 11 is 3.31. The predicted octanol–water partition coefficient (Wildman–Crippen LogP) is 2.62. The summed E-state index contributed by atoms with van der Waals surface area (Å²) in [6, 6.07) is 7.47. The Kier molecular flexibility index (Phi) is 3.87. The average molecular weight is 309 g/mol. The van der Waals surface area contributed by atoms with Crippen molar-refractivity contribution in [1.29, 1.82) is 5.26 Å². The van der Waals surface area contributed by atoms with Gasteiger partial charge in [-0.1, -0.05) is 15.9 Å². The molecule has 0 saturated heterocycles. The van der Waals surface area contributed by atoms with Gasteiger partial charge in [0.05, 0.1) is 11.3 Å². The fourth-order valence-corrected chi connectivity index (χ4v) is 2.26. The molecular formula is C13H13BrN2O2. The third-order valence-electron chi connectivity index (χ3n) is 2.92. The molecule has 0 amide bonds. The number of benzene rings is 1.